The molecule has 1 aromatic carbocycles. The standard InChI is InChI=1S/C19H20F3N3O3S/c1-12(2)16-4-3-5-17(23-16)24-29(27,28)15-7-6-13-8-9-25(11-14(13)10-15)18(26)19(20,21)22/h3-7,10,12H,8-9,11H2,1-2H3,(H,23,24). The van der Waals surface area contributed by atoms with Crippen LogP contribution >= 0.6 is 0 Å². The van der Waals surface area contributed by atoms with E-state index in [4.69, 9.17) is 0 Å². The number of sulfonamides is 1. The van der Waals surface area contributed by atoms with Crippen molar-refractivity contribution < 1.29 is 26.4 Å². The molecule has 2 heterocycles. The van der Waals surface area contributed by atoms with E-state index in [1.54, 1.807) is 18.2 Å². The molecule has 0 saturated heterocycles. The minimum absolute atomic E-state index is 0.0679. The van der Waals surface area contributed by atoms with Crippen molar-refractivity contribution in [3.63, 3.8) is 0 Å². The smallest absolute Gasteiger partial charge is 0.330 e. The molecule has 1 aliphatic heterocycles. The van der Waals surface area contributed by atoms with Crippen molar-refractivity contribution >= 4 is 21.7 Å². The molecule has 29 heavy (non-hydrogen) atoms. The van der Waals surface area contributed by atoms with Gasteiger partial charge in [0.15, 0.2) is 0 Å². The summed E-state index contributed by atoms with van der Waals surface area (Å²) in [5, 5.41) is 0. The molecule has 0 saturated carbocycles. The summed E-state index contributed by atoms with van der Waals surface area (Å²) >= 11 is 0. The van der Waals surface area contributed by atoms with Gasteiger partial charge in [0.2, 0.25) is 0 Å². The maximum Gasteiger partial charge on any atom is 0.471 e. The number of rotatable bonds is 4. The topological polar surface area (TPSA) is 79.4 Å². The Hall–Kier alpha value is -2.62. The number of alkyl halides is 3. The van der Waals surface area contributed by atoms with E-state index in [-0.39, 0.29) is 36.1 Å². The highest BCUT2D eigenvalue weighted by atomic mass is 32.2. The van der Waals surface area contributed by atoms with Crippen molar-refractivity contribution in [2.45, 2.75) is 43.8 Å². The van der Waals surface area contributed by atoms with E-state index in [0.29, 0.717) is 10.5 Å². The summed E-state index contributed by atoms with van der Waals surface area (Å²) in [6.07, 6.45) is -4.74. The van der Waals surface area contributed by atoms with Crippen molar-refractivity contribution in [2.24, 2.45) is 0 Å². The Bertz CT molecular complexity index is 1040. The quantitative estimate of drug-likeness (QED) is 0.811. The molecule has 2 aromatic rings. The molecule has 3 rings (SSSR count). The molecule has 156 valence electrons. The van der Waals surface area contributed by atoms with Crippen LogP contribution in [0.3, 0.4) is 0 Å². The Morgan fingerprint density at radius 2 is 1.90 bits per heavy atom. The van der Waals surface area contributed by atoms with Crippen molar-refractivity contribution in [3.05, 3.63) is 53.2 Å². The van der Waals surface area contributed by atoms with E-state index in [2.05, 4.69) is 9.71 Å². The van der Waals surface area contributed by atoms with Crippen molar-refractivity contribution in [2.75, 3.05) is 11.3 Å². The average molecular weight is 427 g/mol. The summed E-state index contributed by atoms with van der Waals surface area (Å²) in [5.41, 5.74) is 1.81. The molecule has 0 fully saturated rings. The third kappa shape index (κ3) is 4.69. The van der Waals surface area contributed by atoms with Gasteiger partial charge in [0.05, 0.1) is 4.90 Å². The molecule has 0 atom stereocenters. The number of pyridine rings is 1. The first-order valence-electron chi connectivity index (χ1n) is 8.95. The summed E-state index contributed by atoms with van der Waals surface area (Å²) in [6.45, 7) is 3.50. The monoisotopic (exact) mass is 427 g/mol. The number of aromatic nitrogens is 1. The number of hydrogen-bond acceptors (Lipinski definition) is 4. The minimum atomic E-state index is -4.96. The first-order valence-corrected chi connectivity index (χ1v) is 10.4. The van der Waals surface area contributed by atoms with E-state index in [0.717, 1.165) is 11.3 Å². The first-order chi connectivity index (χ1) is 13.5. The number of fused-ring (bicyclic) bond motifs is 1. The van der Waals surface area contributed by atoms with Crippen LogP contribution in [0.15, 0.2) is 41.3 Å². The summed E-state index contributed by atoms with van der Waals surface area (Å²) in [4.78, 5) is 16.3. The maximum absolute atomic E-state index is 12.7. The molecule has 1 N–H and O–H groups in total. The maximum atomic E-state index is 12.7. The Morgan fingerprint density at radius 3 is 2.55 bits per heavy atom. The van der Waals surface area contributed by atoms with Gasteiger partial charge in [-0.2, -0.15) is 13.2 Å². The van der Waals surface area contributed by atoms with Gasteiger partial charge in [-0.25, -0.2) is 13.4 Å². The van der Waals surface area contributed by atoms with Crippen LogP contribution in [0.1, 0.15) is 36.6 Å². The van der Waals surface area contributed by atoms with E-state index in [9.17, 15) is 26.4 Å². The number of anilines is 1. The van der Waals surface area contributed by atoms with Crippen molar-refractivity contribution in [3.8, 4) is 0 Å². The fourth-order valence-corrected chi connectivity index (χ4v) is 4.13. The number of carbonyl (C=O) groups is 1. The third-order valence-electron chi connectivity index (χ3n) is 4.63. The number of hydrogen-bond donors (Lipinski definition) is 1. The highest BCUT2D eigenvalue weighted by Gasteiger charge is 2.43. The van der Waals surface area contributed by atoms with Crippen molar-refractivity contribution in [1.29, 1.82) is 0 Å². The number of carbonyl (C=O) groups excluding carboxylic acids is 1. The second kappa shape index (κ2) is 7.66. The normalized spacial score (nSPS) is 14.6. The molecule has 0 radical (unpaired) electrons. The van der Waals surface area contributed by atoms with Crippen LogP contribution in [0.25, 0.3) is 0 Å². The van der Waals surface area contributed by atoms with Gasteiger partial charge in [-0.05, 0) is 47.7 Å². The van der Waals surface area contributed by atoms with Gasteiger partial charge in [0, 0.05) is 18.8 Å². The molecule has 0 unspecified atom stereocenters. The van der Waals surface area contributed by atoms with E-state index in [1.807, 2.05) is 13.8 Å². The molecule has 0 aliphatic carbocycles. The van der Waals surface area contributed by atoms with Crippen LogP contribution in [0, 0.1) is 0 Å². The van der Waals surface area contributed by atoms with Crippen LogP contribution < -0.4 is 4.72 Å². The molecular formula is C19H20F3N3O3S. The lowest BCUT2D eigenvalue weighted by atomic mass is 10.00. The Morgan fingerprint density at radius 1 is 1.17 bits per heavy atom. The zero-order valence-electron chi connectivity index (χ0n) is 15.8. The van der Waals surface area contributed by atoms with E-state index < -0.39 is 22.1 Å². The predicted octanol–water partition coefficient (Wildman–Crippen LogP) is 3.45. The van der Waals surface area contributed by atoms with Gasteiger partial charge in [0.25, 0.3) is 10.0 Å². The van der Waals surface area contributed by atoms with Crippen LogP contribution in [0.4, 0.5) is 19.0 Å². The summed E-state index contributed by atoms with van der Waals surface area (Å²) in [6, 6.07) is 9.26. The molecule has 6 nitrogen and oxygen atoms in total. The van der Waals surface area contributed by atoms with Crippen LogP contribution in [0.5, 0.6) is 0 Å². The Balaban J connectivity index is 1.85. The lowest BCUT2D eigenvalue weighted by Gasteiger charge is -2.29. The van der Waals surface area contributed by atoms with E-state index in [1.165, 1.54) is 18.2 Å². The van der Waals surface area contributed by atoms with Gasteiger partial charge >= 0.3 is 12.1 Å². The van der Waals surface area contributed by atoms with Crippen molar-refractivity contribution in [1.82, 2.24) is 9.88 Å². The molecule has 10 heteroatoms. The minimum Gasteiger partial charge on any atom is -0.330 e. The summed E-state index contributed by atoms with van der Waals surface area (Å²) in [5.74, 6) is -1.66. The van der Waals surface area contributed by atoms with Crippen LogP contribution in [-0.2, 0) is 27.8 Å². The highest BCUT2D eigenvalue weighted by Crippen LogP contribution is 2.27. The van der Waals surface area contributed by atoms with Gasteiger partial charge in [0.1, 0.15) is 5.82 Å². The highest BCUT2D eigenvalue weighted by molar-refractivity contribution is 7.92. The number of nitrogens with one attached hydrogen (secondary N) is 1. The Labute approximate surface area is 166 Å². The number of benzene rings is 1. The largest absolute Gasteiger partial charge is 0.471 e. The van der Waals surface area contributed by atoms with Gasteiger partial charge < -0.3 is 4.90 Å². The van der Waals surface area contributed by atoms with Crippen LogP contribution in [-0.4, -0.2) is 36.9 Å². The van der Waals surface area contributed by atoms with Gasteiger partial charge in [-0.15, -0.1) is 0 Å². The van der Waals surface area contributed by atoms with Gasteiger partial charge in [-0.3, -0.25) is 9.52 Å². The molecule has 0 bridgehead atoms. The summed E-state index contributed by atoms with van der Waals surface area (Å²) in [7, 11) is -3.99. The molecule has 1 amide bonds. The fourth-order valence-electron chi connectivity index (χ4n) is 3.08. The number of amides is 1. The zero-order valence-corrected chi connectivity index (χ0v) is 16.6. The molecule has 1 aromatic heterocycles. The number of halogens is 3. The summed E-state index contributed by atoms with van der Waals surface area (Å²) < 4.78 is 66.0. The lowest BCUT2D eigenvalue weighted by molar-refractivity contribution is -0.186. The first kappa shape index (κ1) is 21.1. The molecule has 1 aliphatic rings. The predicted molar refractivity (Wildman–Crippen MR) is 101 cm³/mol. The fraction of sp³-hybridized carbons (Fsp3) is 0.368. The molecular weight excluding hydrogens is 407 g/mol. The second-order valence-corrected chi connectivity index (χ2v) is 8.80. The zero-order chi connectivity index (χ0) is 21.4. The third-order valence-corrected chi connectivity index (χ3v) is 5.98. The lowest BCUT2D eigenvalue weighted by Crippen LogP contribution is -2.43. The Kier molecular flexibility index (Phi) is 5.57. The second-order valence-electron chi connectivity index (χ2n) is 7.11. The molecule has 0 spiro atoms. The SMILES string of the molecule is CC(C)c1cccc(NS(=O)(=O)c2ccc3c(c2)CN(C(=O)C(F)(F)F)CC3)n1. The average Bonchev–Trinajstić information content (AvgIpc) is 2.65. The number of nitrogens with zero attached hydrogens (tertiary/aromatic N) is 2. The van der Waals surface area contributed by atoms with Gasteiger partial charge in [-0.1, -0.05) is 26.0 Å². The van der Waals surface area contributed by atoms with E-state index >= 15 is 0 Å². The van der Waals surface area contributed by atoms with Crippen LogP contribution in [0.2, 0.25) is 0 Å².